The molecule has 6 heteroatoms. The number of amides is 1. The van der Waals surface area contributed by atoms with E-state index in [0.29, 0.717) is 13.2 Å². The van der Waals surface area contributed by atoms with Crippen LogP contribution in [-0.4, -0.2) is 49.6 Å². The molecule has 0 unspecified atom stereocenters. The summed E-state index contributed by atoms with van der Waals surface area (Å²) in [5, 5.41) is 2.97. The maximum atomic E-state index is 12.4. The number of nitrogens with one attached hydrogen (secondary N) is 1. The molecule has 0 aliphatic carbocycles. The lowest BCUT2D eigenvalue weighted by molar-refractivity contribution is -0.149. The minimum Gasteiger partial charge on any atom is -0.497 e. The van der Waals surface area contributed by atoms with Crippen LogP contribution in [-0.2, 0) is 20.9 Å². The number of carbonyl (C=O) groups excluding carboxylic acids is 2. The molecule has 0 bridgehead atoms. The standard InChI is InChI=1S/C19H28N2O4/c1-4-25-19(23)16-9-11-21(12-10-16)14(2)18(22)20-13-15-5-7-17(24-3)8-6-15/h5-8,14,16H,4,9-13H2,1-3H3,(H,20,22)/t14-/m1/s1. The first-order valence-corrected chi connectivity index (χ1v) is 8.86. The molecule has 1 N–H and O–H groups in total. The molecule has 1 heterocycles. The third-order valence-corrected chi connectivity index (χ3v) is 4.70. The summed E-state index contributed by atoms with van der Waals surface area (Å²) in [6.45, 7) is 6.12. The van der Waals surface area contributed by atoms with Crippen molar-refractivity contribution in [1.82, 2.24) is 10.2 Å². The number of methoxy groups -OCH3 is 1. The van der Waals surface area contributed by atoms with Crippen molar-refractivity contribution in [3.63, 3.8) is 0 Å². The van der Waals surface area contributed by atoms with Gasteiger partial charge >= 0.3 is 5.97 Å². The quantitative estimate of drug-likeness (QED) is 0.763. The minimum absolute atomic E-state index is 0.00500. The minimum atomic E-state index is -0.207. The first-order valence-electron chi connectivity index (χ1n) is 8.86. The van der Waals surface area contributed by atoms with Crippen LogP contribution >= 0.6 is 0 Å². The molecule has 1 aromatic rings. The molecule has 1 amide bonds. The Balaban J connectivity index is 1.77. The number of rotatable bonds is 7. The fourth-order valence-electron chi connectivity index (χ4n) is 3.03. The Morgan fingerprint density at radius 3 is 2.44 bits per heavy atom. The van der Waals surface area contributed by atoms with Gasteiger partial charge in [0.2, 0.25) is 5.91 Å². The van der Waals surface area contributed by atoms with Crippen LogP contribution in [0.3, 0.4) is 0 Å². The van der Waals surface area contributed by atoms with E-state index in [-0.39, 0.29) is 23.8 Å². The summed E-state index contributed by atoms with van der Waals surface area (Å²) in [4.78, 5) is 26.3. The van der Waals surface area contributed by atoms with Gasteiger partial charge in [0.05, 0.1) is 25.7 Å². The Kier molecular flexibility index (Phi) is 7.25. The van der Waals surface area contributed by atoms with E-state index in [1.54, 1.807) is 7.11 Å². The van der Waals surface area contributed by atoms with Crippen LogP contribution < -0.4 is 10.1 Å². The average molecular weight is 348 g/mol. The van der Waals surface area contributed by atoms with Crippen molar-refractivity contribution >= 4 is 11.9 Å². The third kappa shape index (κ3) is 5.46. The van der Waals surface area contributed by atoms with Crippen molar-refractivity contribution < 1.29 is 19.1 Å². The SMILES string of the molecule is CCOC(=O)C1CCN([C@H](C)C(=O)NCc2ccc(OC)cc2)CC1. The number of benzene rings is 1. The van der Waals surface area contributed by atoms with Gasteiger partial charge in [-0.05, 0) is 57.5 Å². The molecule has 1 aliphatic heterocycles. The van der Waals surface area contributed by atoms with Crippen molar-refractivity contribution in [2.45, 2.75) is 39.3 Å². The fraction of sp³-hybridized carbons (Fsp3) is 0.579. The highest BCUT2D eigenvalue weighted by Crippen LogP contribution is 2.20. The molecule has 0 spiro atoms. The smallest absolute Gasteiger partial charge is 0.309 e. The number of hydrogen-bond acceptors (Lipinski definition) is 5. The van der Waals surface area contributed by atoms with Crippen LogP contribution in [0.4, 0.5) is 0 Å². The van der Waals surface area contributed by atoms with E-state index >= 15 is 0 Å². The maximum absolute atomic E-state index is 12.4. The van der Waals surface area contributed by atoms with Crippen LogP contribution in [0.1, 0.15) is 32.3 Å². The van der Waals surface area contributed by atoms with E-state index in [9.17, 15) is 9.59 Å². The summed E-state index contributed by atoms with van der Waals surface area (Å²) in [5.41, 5.74) is 1.03. The van der Waals surface area contributed by atoms with Crippen molar-refractivity contribution in [2.24, 2.45) is 5.92 Å². The predicted octanol–water partition coefficient (Wildman–Crippen LogP) is 1.97. The molecule has 6 nitrogen and oxygen atoms in total. The Labute approximate surface area is 149 Å². The van der Waals surface area contributed by atoms with Crippen LogP contribution in [0.15, 0.2) is 24.3 Å². The van der Waals surface area contributed by atoms with E-state index < -0.39 is 0 Å². The summed E-state index contributed by atoms with van der Waals surface area (Å²) in [5.74, 6) is 0.655. The number of ether oxygens (including phenoxy) is 2. The Morgan fingerprint density at radius 2 is 1.88 bits per heavy atom. The first-order chi connectivity index (χ1) is 12.0. The van der Waals surface area contributed by atoms with Gasteiger partial charge in [0.15, 0.2) is 0 Å². The molecule has 1 saturated heterocycles. The molecule has 1 fully saturated rings. The largest absolute Gasteiger partial charge is 0.497 e. The highest BCUT2D eigenvalue weighted by molar-refractivity contribution is 5.81. The molecule has 1 aromatic carbocycles. The van der Waals surface area contributed by atoms with E-state index in [2.05, 4.69) is 10.2 Å². The second-order valence-electron chi connectivity index (χ2n) is 6.30. The van der Waals surface area contributed by atoms with Crippen LogP contribution in [0, 0.1) is 5.92 Å². The number of likely N-dealkylation sites (tertiary alicyclic amines) is 1. The Bertz CT molecular complexity index is 565. The lowest BCUT2D eigenvalue weighted by atomic mass is 9.96. The zero-order valence-electron chi connectivity index (χ0n) is 15.3. The van der Waals surface area contributed by atoms with E-state index in [0.717, 1.165) is 37.2 Å². The van der Waals surface area contributed by atoms with Crippen LogP contribution in [0.25, 0.3) is 0 Å². The zero-order chi connectivity index (χ0) is 18.2. The van der Waals surface area contributed by atoms with E-state index in [1.807, 2.05) is 38.1 Å². The highest BCUT2D eigenvalue weighted by Gasteiger charge is 2.30. The Morgan fingerprint density at radius 1 is 1.24 bits per heavy atom. The summed E-state index contributed by atoms with van der Waals surface area (Å²) in [6, 6.07) is 7.43. The summed E-state index contributed by atoms with van der Waals surface area (Å²) in [7, 11) is 1.63. The lowest BCUT2D eigenvalue weighted by Crippen LogP contribution is -2.48. The van der Waals surface area contributed by atoms with Crippen molar-refractivity contribution in [3.05, 3.63) is 29.8 Å². The van der Waals surface area contributed by atoms with Crippen molar-refractivity contribution in [3.8, 4) is 5.75 Å². The molecule has 25 heavy (non-hydrogen) atoms. The zero-order valence-corrected chi connectivity index (χ0v) is 15.3. The van der Waals surface area contributed by atoms with E-state index in [1.165, 1.54) is 0 Å². The number of nitrogens with zero attached hydrogens (tertiary/aromatic N) is 1. The van der Waals surface area contributed by atoms with Gasteiger partial charge in [-0.2, -0.15) is 0 Å². The van der Waals surface area contributed by atoms with Gasteiger partial charge in [0.25, 0.3) is 0 Å². The molecule has 2 rings (SSSR count). The van der Waals surface area contributed by atoms with Crippen LogP contribution in [0.2, 0.25) is 0 Å². The molecular formula is C19H28N2O4. The van der Waals surface area contributed by atoms with E-state index in [4.69, 9.17) is 9.47 Å². The number of esters is 1. The van der Waals surface area contributed by atoms with Gasteiger partial charge in [0.1, 0.15) is 5.75 Å². The maximum Gasteiger partial charge on any atom is 0.309 e. The molecule has 1 atom stereocenters. The molecule has 0 aromatic heterocycles. The van der Waals surface area contributed by atoms with Gasteiger partial charge in [-0.3, -0.25) is 14.5 Å². The fourth-order valence-corrected chi connectivity index (χ4v) is 3.03. The average Bonchev–Trinajstić information content (AvgIpc) is 2.66. The van der Waals surface area contributed by atoms with Gasteiger partial charge in [-0.15, -0.1) is 0 Å². The van der Waals surface area contributed by atoms with Gasteiger partial charge in [-0.25, -0.2) is 0 Å². The number of carbonyl (C=O) groups is 2. The van der Waals surface area contributed by atoms with Gasteiger partial charge in [-0.1, -0.05) is 12.1 Å². The normalized spacial score (nSPS) is 16.9. The topological polar surface area (TPSA) is 67.9 Å². The Hall–Kier alpha value is -2.08. The monoisotopic (exact) mass is 348 g/mol. The second kappa shape index (κ2) is 9.42. The summed E-state index contributed by atoms with van der Waals surface area (Å²) in [6.07, 6.45) is 1.49. The van der Waals surface area contributed by atoms with Crippen molar-refractivity contribution in [2.75, 3.05) is 26.8 Å². The molecule has 1 aliphatic rings. The predicted molar refractivity (Wildman–Crippen MR) is 95.2 cm³/mol. The molecular weight excluding hydrogens is 320 g/mol. The molecule has 0 saturated carbocycles. The summed E-state index contributed by atoms with van der Waals surface area (Å²) >= 11 is 0. The van der Waals surface area contributed by atoms with Gasteiger partial charge in [0, 0.05) is 6.54 Å². The molecule has 138 valence electrons. The number of hydrogen-bond donors (Lipinski definition) is 1. The lowest BCUT2D eigenvalue weighted by Gasteiger charge is -2.34. The highest BCUT2D eigenvalue weighted by atomic mass is 16.5. The first kappa shape index (κ1) is 19.2. The van der Waals surface area contributed by atoms with Gasteiger partial charge < -0.3 is 14.8 Å². The molecule has 0 radical (unpaired) electrons. The second-order valence-corrected chi connectivity index (χ2v) is 6.30. The third-order valence-electron chi connectivity index (χ3n) is 4.70. The summed E-state index contributed by atoms with van der Waals surface area (Å²) < 4.78 is 10.2. The van der Waals surface area contributed by atoms with Crippen LogP contribution in [0.5, 0.6) is 5.75 Å². The van der Waals surface area contributed by atoms with Crippen molar-refractivity contribution in [1.29, 1.82) is 0 Å². The number of piperidine rings is 1.